The summed E-state index contributed by atoms with van der Waals surface area (Å²) in [4.78, 5) is 0. The van der Waals surface area contributed by atoms with Gasteiger partial charge < -0.3 is 5.32 Å². The van der Waals surface area contributed by atoms with Crippen LogP contribution in [0.15, 0.2) is 24.3 Å². The van der Waals surface area contributed by atoms with Crippen molar-refractivity contribution in [3.05, 3.63) is 35.4 Å². The summed E-state index contributed by atoms with van der Waals surface area (Å²) >= 11 is 0. The van der Waals surface area contributed by atoms with Crippen LogP contribution in [0.1, 0.15) is 31.4 Å². The van der Waals surface area contributed by atoms with E-state index in [4.69, 9.17) is 0 Å². The molecule has 0 spiro atoms. The van der Waals surface area contributed by atoms with Crippen LogP contribution in [0.2, 0.25) is 0 Å². The maximum atomic E-state index is 13.7. The van der Waals surface area contributed by atoms with Crippen molar-refractivity contribution in [2.45, 2.75) is 32.7 Å². The zero-order valence-corrected chi connectivity index (χ0v) is 10.1. The summed E-state index contributed by atoms with van der Waals surface area (Å²) < 4.78 is 27.4. The molecule has 0 fully saturated rings. The Balaban J connectivity index is 2.79. The van der Waals surface area contributed by atoms with Gasteiger partial charge in [0.1, 0.15) is 0 Å². The maximum Gasteiger partial charge on any atom is 0.273 e. The first-order valence-corrected chi connectivity index (χ1v) is 5.57. The first kappa shape index (κ1) is 13.1. The second-order valence-corrected chi connectivity index (χ2v) is 4.53. The Morgan fingerprint density at radius 3 is 2.19 bits per heavy atom. The van der Waals surface area contributed by atoms with E-state index < -0.39 is 5.92 Å². The highest BCUT2D eigenvalue weighted by atomic mass is 19.3. The molecule has 0 saturated heterocycles. The maximum absolute atomic E-state index is 13.7. The Morgan fingerprint density at radius 1 is 1.19 bits per heavy atom. The van der Waals surface area contributed by atoms with Crippen molar-refractivity contribution in [2.75, 3.05) is 7.05 Å². The van der Waals surface area contributed by atoms with Gasteiger partial charge in [-0.1, -0.05) is 38.1 Å². The Hall–Kier alpha value is -0.960. The lowest BCUT2D eigenvalue weighted by molar-refractivity contribution is -0.0249. The third-order valence-electron chi connectivity index (χ3n) is 2.42. The Bertz CT molecular complexity index is 317. The molecule has 1 rings (SSSR count). The van der Waals surface area contributed by atoms with Crippen molar-refractivity contribution in [3.8, 4) is 0 Å². The number of alkyl halides is 2. The molecule has 0 radical (unpaired) electrons. The van der Waals surface area contributed by atoms with E-state index in [0.29, 0.717) is 6.54 Å². The number of nitrogens with one attached hydrogen (secondary N) is 1. The van der Waals surface area contributed by atoms with Crippen LogP contribution in [0, 0.1) is 5.92 Å². The largest absolute Gasteiger partial charge is 0.316 e. The van der Waals surface area contributed by atoms with E-state index in [-0.39, 0.29) is 17.9 Å². The highest BCUT2D eigenvalue weighted by molar-refractivity contribution is 5.25. The number of rotatable bonds is 5. The van der Waals surface area contributed by atoms with Crippen LogP contribution in [0.5, 0.6) is 0 Å². The van der Waals surface area contributed by atoms with Gasteiger partial charge in [-0.25, -0.2) is 8.78 Å². The van der Waals surface area contributed by atoms with Crippen LogP contribution in [-0.4, -0.2) is 7.05 Å². The molecule has 0 aromatic heterocycles. The topological polar surface area (TPSA) is 12.0 Å². The lowest BCUT2D eigenvalue weighted by atomic mass is 9.98. The fourth-order valence-electron chi connectivity index (χ4n) is 1.70. The molecule has 0 saturated carbocycles. The molecule has 1 nitrogen and oxygen atoms in total. The highest BCUT2D eigenvalue weighted by Crippen LogP contribution is 2.34. The van der Waals surface area contributed by atoms with Crippen LogP contribution >= 0.6 is 0 Å². The SMILES string of the molecule is CNCc1ccc(C(F)(F)CC(C)C)cc1. The lowest BCUT2D eigenvalue weighted by Crippen LogP contribution is -2.16. The van der Waals surface area contributed by atoms with E-state index >= 15 is 0 Å². The van der Waals surface area contributed by atoms with Crippen molar-refractivity contribution < 1.29 is 8.78 Å². The molecular formula is C13H19F2N. The van der Waals surface area contributed by atoms with E-state index in [1.54, 1.807) is 12.1 Å². The Kier molecular flexibility index (Phi) is 4.42. The molecule has 0 amide bonds. The van der Waals surface area contributed by atoms with Crippen LogP contribution in [0.4, 0.5) is 8.78 Å². The van der Waals surface area contributed by atoms with Gasteiger partial charge in [0, 0.05) is 18.5 Å². The van der Waals surface area contributed by atoms with E-state index in [0.717, 1.165) is 5.56 Å². The second-order valence-electron chi connectivity index (χ2n) is 4.53. The lowest BCUT2D eigenvalue weighted by Gasteiger charge is -2.19. The zero-order chi connectivity index (χ0) is 12.2. The summed E-state index contributed by atoms with van der Waals surface area (Å²) in [5.41, 5.74) is 1.13. The molecule has 0 atom stereocenters. The molecule has 0 bridgehead atoms. The van der Waals surface area contributed by atoms with Gasteiger partial charge in [-0.15, -0.1) is 0 Å². The second kappa shape index (κ2) is 5.39. The summed E-state index contributed by atoms with van der Waals surface area (Å²) in [6.45, 7) is 4.32. The van der Waals surface area contributed by atoms with Crippen molar-refractivity contribution in [1.29, 1.82) is 0 Å². The molecule has 0 heterocycles. The predicted molar refractivity (Wildman–Crippen MR) is 62.6 cm³/mol. The fourth-order valence-corrected chi connectivity index (χ4v) is 1.70. The molecule has 16 heavy (non-hydrogen) atoms. The number of halogens is 2. The van der Waals surface area contributed by atoms with Crippen molar-refractivity contribution in [2.24, 2.45) is 5.92 Å². The summed E-state index contributed by atoms with van der Waals surface area (Å²) in [7, 11) is 1.83. The standard InChI is InChI=1S/C13H19F2N/c1-10(2)8-13(14,15)12-6-4-11(5-7-12)9-16-3/h4-7,10,16H,8-9H2,1-3H3. The molecule has 0 aliphatic rings. The summed E-state index contributed by atoms with van der Waals surface area (Å²) in [5.74, 6) is -2.72. The van der Waals surface area contributed by atoms with E-state index in [2.05, 4.69) is 5.32 Å². The zero-order valence-electron chi connectivity index (χ0n) is 10.1. The minimum Gasteiger partial charge on any atom is -0.316 e. The molecule has 1 aromatic carbocycles. The van der Waals surface area contributed by atoms with Crippen molar-refractivity contribution >= 4 is 0 Å². The number of hydrogen-bond acceptors (Lipinski definition) is 1. The van der Waals surface area contributed by atoms with E-state index in [9.17, 15) is 8.78 Å². The molecule has 90 valence electrons. The van der Waals surface area contributed by atoms with E-state index in [1.807, 2.05) is 20.9 Å². The van der Waals surface area contributed by atoms with Gasteiger partial charge in [0.15, 0.2) is 0 Å². The minimum absolute atomic E-state index is 0.00742. The average Bonchev–Trinajstić information content (AvgIpc) is 2.17. The fraction of sp³-hybridized carbons (Fsp3) is 0.538. The van der Waals surface area contributed by atoms with Crippen LogP contribution in [0.3, 0.4) is 0 Å². The van der Waals surface area contributed by atoms with Gasteiger partial charge >= 0.3 is 0 Å². The molecule has 0 unspecified atom stereocenters. The first-order chi connectivity index (χ1) is 7.45. The third-order valence-corrected chi connectivity index (χ3v) is 2.42. The van der Waals surface area contributed by atoms with E-state index in [1.165, 1.54) is 12.1 Å². The van der Waals surface area contributed by atoms with Crippen LogP contribution in [-0.2, 0) is 12.5 Å². The van der Waals surface area contributed by atoms with Gasteiger partial charge in [0.25, 0.3) is 5.92 Å². The third kappa shape index (κ3) is 3.56. The Labute approximate surface area is 95.9 Å². The smallest absolute Gasteiger partial charge is 0.273 e. The van der Waals surface area contributed by atoms with Crippen LogP contribution < -0.4 is 5.32 Å². The van der Waals surface area contributed by atoms with Crippen LogP contribution in [0.25, 0.3) is 0 Å². The molecular weight excluding hydrogens is 208 g/mol. The molecule has 0 aliphatic carbocycles. The first-order valence-electron chi connectivity index (χ1n) is 5.57. The number of benzene rings is 1. The van der Waals surface area contributed by atoms with Crippen molar-refractivity contribution in [1.82, 2.24) is 5.32 Å². The minimum atomic E-state index is -2.72. The average molecular weight is 227 g/mol. The van der Waals surface area contributed by atoms with Crippen molar-refractivity contribution in [3.63, 3.8) is 0 Å². The summed E-state index contributed by atoms with van der Waals surface area (Å²) in [6.07, 6.45) is -0.0988. The summed E-state index contributed by atoms with van der Waals surface area (Å²) in [5, 5.41) is 2.99. The van der Waals surface area contributed by atoms with Gasteiger partial charge in [-0.05, 0) is 18.5 Å². The van der Waals surface area contributed by atoms with Gasteiger partial charge in [0.05, 0.1) is 0 Å². The number of hydrogen-bond donors (Lipinski definition) is 1. The molecule has 1 N–H and O–H groups in total. The normalized spacial score (nSPS) is 12.1. The van der Waals surface area contributed by atoms with Gasteiger partial charge in [-0.3, -0.25) is 0 Å². The molecule has 0 aliphatic heterocycles. The molecule has 3 heteroatoms. The van der Waals surface area contributed by atoms with Gasteiger partial charge in [0.2, 0.25) is 0 Å². The predicted octanol–water partition coefficient (Wildman–Crippen LogP) is 3.54. The molecule has 1 aromatic rings. The monoisotopic (exact) mass is 227 g/mol. The summed E-state index contributed by atoms with van der Waals surface area (Å²) in [6, 6.07) is 6.55. The Morgan fingerprint density at radius 2 is 1.75 bits per heavy atom. The highest BCUT2D eigenvalue weighted by Gasteiger charge is 2.31. The quantitative estimate of drug-likeness (QED) is 0.811. The van der Waals surface area contributed by atoms with Gasteiger partial charge in [-0.2, -0.15) is 0 Å².